The van der Waals surface area contributed by atoms with Crippen LogP contribution in [0.25, 0.3) is 0 Å². The van der Waals surface area contributed by atoms with E-state index >= 15 is 0 Å². The molecular formula is C9H12F2N2. The van der Waals surface area contributed by atoms with Crippen LogP contribution >= 0.6 is 0 Å². The Morgan fingerprint density at radius 3 is 2.54 bits per heavy atom. The molecule has 0 fully saturated rings. The molecule has 4 heteroatoms. The van der Waals surface area contributed by atoms with Gasteiger partial charge < -0.3 is 5.73 Å². The first-order chi connectivity index (χ1) is 6.06. The van der Waals surface area contributed by atoms with Crippen molar-refractivity contribution in [2.24, 2.45) is 5.73 Å². The van der Waals surface area contributed by atoms with Crippen LogP contribution in [0.1, 0.15) is 28.9 Å². The summed E-state index contributed by atoms with van der Waals surface area (Å²) in [6.45, 7) is 3.81. The van der Waals surface area contributed by atoms with Gasteiger partial charge in [-0.25, -0.2) is 8.78 Å². The van der Waals surface area contributed by atoms with E-state index in [-0.39, 0.29) is 12.2 Å². The van der Waals surface area contributed by atoms with Gasteiger partial charge in [0.1, 0.15) is 5.69 Å². The Morgan fingerprint density at radius 2 is 2.08 bits per heavy atom. The predicted molar refractivity (Wildman–Crippen MR) is 46.6 cm³/mol. The van der Waals surface area contributed by atoms with Gasteiger partial charge in [-0.05, 0) is 31.0 Å². The molecule has 2 N–H and O–H groups in total. The minimum absolute atomic E-state index is 0.191. The summed E-state index contributed by atoms with van der Waals surface area (Å²) in [5.74, 6) is 0. The molecule has 1 rings (SSSR count). The van der Waals surface area contributed by atoms with Crippen LogP contribution in [0.4, 0.5) is 8.78 Å². The van der Waals surface area contributed by atoms with Gasteiger partial charge in [-0.1, -0.05) is 0 Å². The van der Waals surface area contributed by atoms with E-state index in [0.29, 0.717) is 5.69 Å². The number of alkyl halides is 2. The van der Waals surface area contributed by atoms with Gasteiger partial charge in [0, 0.05) is 12.2 Å². The maximum atomic E-state index is 12.3. The summed E-state index contributed by atoms with van der Waals surface area (Å²) in [5, 5.41) is 0. The Labute approximate surface area is 75.8 Å². The SMILES string of the molecule is Cc1nc(C(F)F)cc(CN)c1C. The Bertz CT molecular complexity index is 311. The molecule has 0 unspecified atom stereocenters. The minimum atomic E-state index is -2.52. The van der Waals surface area contributed by atoms with Crippen LogP contribution in [0.3, 0.4) is 0 Å². The van der Waals surface area contributed by atoms with Crippen molar-refractivity contribution in [1.82, 2.24) is 4.98 Å². The molecule has 0 aliphatic heterocycles. The van der Waals surface area contributed by atoms with Crippen LogP contribution in [0.15, 0.2) is 6.07 Å². The van der Waals surface area contributed by atoms with Crippen molar-refractivity contribution in [3.05, 3.63) is 28.6 Å². The number of rotatable bonds is 2. The fourth-order valence-electron chi connectivity index (χ4n) is 1.15. The zero-order valence-electron chi connectivity index (χ0n) is 7.64. The number of aromatic nitrogens is 1. The third-order valence-corrected chi connectivity index (χ3v) is 2.09. The largest absolute Gasteiger partial charge is 0.326 e. The molecule has 0 radical (unpaired) electrons. The lowest BCUT2D eigenvalue weighted by Gasteiger charge is -2.08. The number of hydrogen-bond donors (Lipinski definition) is 1. The zero-order chi connectivity index (χ0) is 10.0. The molecule has 1 aromatic rings. The standard InChI is InChI=1S/C9H12F2N2/c1-5-6(2)13-8(9(10)11)3-7(5)4-12/h3,9H,4,12H2,1-2H3. The summed E-state index contributed by atoms with van der Waals surface area (Å²) in [6, 6.07) is 1.37. The van der Waals surface area contributed by atoms with Gasteiger partial charge in [0.15, 0.2) is 0 Å². The van der Waals surface area contributed by atoms with E-state index in [2.05, 4.69) is 4.98 Å². The Balaban J connectivity index is 3.22. The predicted octanol–water partition coefficient (Wildman–Crippen LogP) is 2.09. The number of halogens is 2. The highest BCUT2D eigenvalue weighted by atomic mass is 19.3. The summed E-state index contributed by atoms with van der Waals surface area (Å²) in [4.78, 5) is 3.78. The molecule has 0 amide bonds. The normalized spacial score (nSPS) is 10.9. The Kier molecular flexibility index (Phi) is 2.93. The van der Waals surface area contributed by atoms with Crippen molar-refractivity contribution < 1.29 is 8.78 Å². The molecule has 2 nitrogen and oxygen atoms in total. The third-order valence-electron chi connectivity index (χ3n) is 2.09. The van der Waals surface area contributed by atoms with Crippen LogP contribution in [0.5, 0.6) is 0 Å². The van der Waals surface area contributed by atoms with Gasteiger partial charge in [-0.15, -0.1) is 0 Å². The van der Waals surface area contributed by atoms with Crippen LogP contribution in [-0.2, 0) is 6.54 Å². The van der Waals surface area contributed by atoms with E-state index in [0.717, 1.165) is 11.1 Å². The molecular weight excluding hydrogens is 174 g/mol. The molecule has 72 valence electrons. The van der Waals surface area contributed by atoms with Crippen molar-refractivity contribution in [2.75, 3.05) is 0 Å². The molecule has 0 aliphatic rings. The maximum Gasteiger partial charge on any atom is 0.280 e. The van der Waals surface area contributed by atoms with Crippen LogP contribution < -0.4 is 5.73 Å². The first-order valence-electron chi connectivity index (χ1n) is 4.01. The van der Waals surface area contributed by atoms with Crippen molar-refractivity contribution in [3.63, 3.8) is 0 Å². The number of pyridine rings is 1. The van der Waals surface area contributed by atoms with Crippen LogP contribution in [0, 0.1) is 13.8 Å². The smallest absolute Gasteiger partial charge is 0.280 e. The highest BCUT2D eigenvalue weighted by Crippen LogP contribution is 2.20. The van der Waals surface area contributed by atoms with Crippen molar-refractivity contribution in [2.45, 2.75) is 26.8 Å². The molecule has 1 heterocycles. The van der Waals surface area contributed by atoms with Gasteiger partial charge in [0.25, 0.3) is 6.43 Å². The van der Waals surface area contributed by atoms with Gasteiger partial charge in [0.2, 0.25) is 0 Å². The Hall–Kier alpha value is -1.03. The summed E-state index contributed by atoms with van der Waals surface area (Å²) in [7, 11) is 0. The fraction of sp³-hybridized carbons (Fsp3) is 0.444. The second-order valence-corrected chi connectivity index (χ2v) is 2.92. The van der Waals surface area contributed by atoms with E-state index < -0.39 is 6.43 Å². The maximum absolute atomic E-state index is 12.3. The highest BCUT2D eigenvalue weighted by molar-refractivity contribution is 5.31. The molecule has 13 heavy (non-hydrogen) atoms. The first-order valence-corrected chi connectivity index (χ1v) is 4.01. The van der Waals surface area contributed by atoms with E-state index in [1.807, 2.05) is 6.92 Å². The molecule has 0 saturated heterocycles. The molecule has 0 aromatic carbocycles. The van der Waals surface area contributed by atoms with E-state index in [1.165, 1.54) is 6.07 Å². The second-order valence-electron chi connectivity index (χ2n) is 2.92. The molecule has 0 atom stereocenters. The van der Waals surface area contributed by atoms with Crippen molar-refractivity contribution in [1.29, 1.82) is 0 Å². The van der Waals surface area contributed by atoms with Crippen molar-refractivity contribution >= 4 is 0 Å². The number of nitrogens with zero attached hydrogens (tertiary/aromatic N) is 1. The lowest BCUT2D eigenvalue weighted by molar-refractivity contribution is 0.145. The summed E-state index contributed by atoms with van der Waals surface area (Å²) >= 11 is 0. The summed E-state index contributed by atoms with van der Waals surface area (Å²) < 4.78 is 24.6. The molecule has 0 saturated carbocycles. The lowest BCUT2D eigenvalue weighted by Crippen LogP contribution is -2.05. The minimum Gasteiger partial charge on any atom is -0.326 e. The molecule has 0 bridgehead atoms. The summed E-state index contributed by atoms with van der Waals surface area (Å²) in [5.41, 5.74) is 7.48. The third kappa shape index (κ3) is 2.01. The van der Waals surface area contributed by atoms with Gasteiger partial charge in [-0.3, -0.25) is 4.98 Å². The number of aryl methyl sites for hydroxylation is 1. The quantitative estimate of drug-likeness (QED) is 0.768. The molecule has 1 aromatic heterocycles. The van der Waals surface area contributed by atoms with E-state index in [1.54, 1.807) is 6.92 Å². The Morgan fingerprint density at radius 1 is 1.46 bits per heavy atom. The van der Waals surface area contributed by atoms with Gasteiger partial charge in [0.05, 0.1) is 0 Å². The molecule has 0 spiro atoms. The van der Waals surface area contributed by atoms with E-state index in [9.17, 15) is 8.78 Å². The highest BCUT2D eigenvalue weighted by Gasteiger charge is 2.12. The average molecular weight is 186 g/mol. The fourth-order valence-corrected chi connectivity index (χ4v) is 1.15. The topological polar surface area (TPSA) is 38.9 Å². The monoisotopic (exact) mass is 186 g/mol. The van der Waals surface area contributed by atoms with Crippen molar-refractivity contribution in [3.8, 4) is 0 Å². The van der Waals surface area contributed by atoms with Crippen LogP contribution in [0.2, 0.25) is 0 Å². The number of hydrogen-bond acceptors (Lipinski definition) is 2. The van der Waals surface area contributed by atoms with Crippen LogP contribution in [-0.4, -0.2) is 4.98 Å². The number of nitrogens with two attached hydrogens (primary N) is 1. The first kappa shape index (κ1) is 10.1. The molecule has 0 aliphatic carbocycles. The van der Waals surface area contributed by atoms with Gasteiger partial charge >= 0.3 is 0 Å². The zero-order valence-corrected chi connectivity index (χ0v) is 7.64. The van der Waals surface area contributed by atoms with E-state index in [4.69, 9.17) is 5.73 Å². The second kappa shape index (κ2) is 3.79. The van der Waals surface area contributed by atoms with Gasteiger partial charge in [-0.2, -0.15) is 0 Å². The summed E-state index contributed by atoms with van der Waals surface area (Å²) in [6.07, 6.45) is -2.52. The lowest BCUT2D eigenvalue weighted by atomic mass is 10.1. The average Bonchev–Trinajstić information content (AvgIpc) is 2.09.